The number of alkyl halides is 3. The maximum absolute atomic E-state index is 12.7. The highest BCUT2D eigenvalue weighted by atomic mass is 19.4. The molecule has 0 aliphatic heterocycles. The number of halogens is 3. The van der Waals surface area contributed by atoms with Gasteiger partial charge in [-0.1, -0.05) is 11.3 Å². The van der Waals surface area contributed by atoms with E-state index in [0.29, 0.717) is 17.3 Å². The van der Waals surface area contributed by atoms with E-state index in [4.69, 9.17) is 0 Å². The van der Waals surface area contributed by atoms with Crippen LogP contribution in [0.5, 0.6) is 0 Å². The van der Waals surface area contributed by atoms with E-state index in [1.165, 1.54) is 17.0 Å². The normalized spacial score (nSPS) is 11.8. The number of nitrogens with one attached hydrogen (secondary N) is 1. The van der Waals surface area contributed by atoms with Gasteiger partial charge < -0.3 is 0 Å². The molecule has 0 saturated heterocycles. The van der Waals surface area contributed by atoms with Gasteiger partial charge in [0, 0.05) is 5.69 Å². The molecule has 0 aliphatic carbocycles. The van der Waals surface area contributed by atoms with E-state index in [-0.39, 0.29) is 6.42 Å². The van der Waals surface area contributed by atoms with Crippen LogP contribution >= 0.6 is 0 Å². The van der Waals surface area contributed by atoms with Gasteiger partial charge in [-0.25, -0.2) is 0 Å². The van der Waals surface area contributed by atoms with Crippen molar-refractivity contribution < 1.29 is 13.2 Å². The van der Waals surface area contributed by atoms with Crippen molar-refractivity contribution in [1.82, 2.24) is 35.4 Å². The number of aromatic nitrogens is 7. The van der Waals surface area contributed by atoms with Crippen molar-refractivity contribution in [2.75, 3.05) is 0 Å². The highest BCUT2D eigenvalue weighted by Gasteiger charge is 2.30. The van der Waals surface area contributed by atoms with Crippen LogP contribution in [0.1, 0.15) is 17.2 Å². The molecule has 3 rings (SSSR count). The molecule has 2 aromatic heterocycles. The van der Waals surface area contributed by atoms with Gasteiger partial charge in [0.25, 0.3) is 0 Å². The van der Waals surface area contributed by atoms with Gasteiger partial charge in [0.05, 0.1) is 12.0 Å². The first-order valence-corrected chi connectivity index (χ1v) is 5.83. The zero-order valence-electron chi connectivity index (χ0n) is 10.4. The molecule has 0 aliphatic rings. The Balaban J connectivity index is 1.96. The molecular weight excluding hydrogens is 287 g/mol. The van der Waals surface area contributed by atoms with E-state index in [9.17, 15) is 13.2 Å². The topological polar surface area (TPSA) is 85.2 Å². The zero-order valence-corrected chi connectivity index (χ0v) is 10.4. The summed E-state index contributed by atoms with van der Waals surface area (Å²) in [6.45, 7) is 0. The van der Waals surface area contributed by atoms with E-state index < -0.39 is 11.7 Å². The Morgan fingerprint density at radius 2 is 2.05 bits per heavy atom. The number of hydrogen-bond acceptors (Lipinski definition) is 5. The van der Waals surface area contributed by atoms with Crippen LogP contribution in [0.25, 0.3) is 5.69 Å². The second-order valence-electron chi connectivity index (χ2n) is 4.17. The molecular formula is C11H8F3N7. The van der Waals surface area contributed by atoms with Crippen molar-refractivity contribution in [3.05, 3.63) is 47.8 Å². The smallest absolute Gasteiger partial charge is 0.285 e. The monoisotopic (exact) mass is 295 g/mol. The van der Waals surface area contributed by atoms with Crippen LogP contribution in [0, 0.1) is 0 Å². The van der Waals surface area contributed by atoms with Crippen molar-refractivity contribution in [2.24, 2.45) is 0 Å². The number of rotatable bonds is 3. The van der Waals surface area contributed by atoms with Crippen molar-refractivity contribution in [3.63, 3.8) is 0 Å². The molecule has 10 heteroatoms. The van der Waals surface area contributed by atoms with Gasteiger partial charge in [0.2, 0.25) is 0 Å². The van der Waals surface area contributed by atoms with Crippen molar-refractivity contribution in [2.45, 2.75) is 12.6 Å². The van der Waals surface area contributed by atoms with Gasteiger partial charge >= 0.3 is 6.18 Å². The van der Waals surface area contributed by atoms with Gasteiger partial charge in [-0.05, 0) is 18.2 Å². The van der Waals surface area contributed by atoms with Crippen LogP contribution in [0.2, 0.25) is 0 Å². The third-order valence-electron chi connectivity index (χ3n) is 2.78. The summed E-state index contributed by atoms with van der Waals surface area (Å²) in [6.07, 6.45) is -2.87. The summed E-state index contributed by atoms with van der Waals surface area (Å²) in [5, 5.41) is 20.8. The minimum Gasteiger partial charge on any atom is -0.285 e. The number of benzene rings is 1. The summed E-state index contributed by atoms with van der Waals surface area (Å²) in [4.78, 5) is 0. The van der Waals surface area contributed by atoms with Crippen molar-refractivity contribution in [3.8, 4) is 5.69 Å². The molecule has 108 valence electrons. The number of nitrogens with zero attached hydrogens (tertiary/aromatic N) is 6. The lowest BCUT2D eigenvalue weighted by Crippen LogP contribution is -2.07. The summed E-state index contributed by atoms with van der Waals surface area (Å²) in [6, 6.07) is 4.91. The van der Waals surface area contributed by atoms with Gasteiger partial charge in [0.15, 0.2) is 5.82 Å². The van der Waals surface area contributed by atoms with E-state index in [0.717, 1.165) is 12.1 Å². The molecule has 0 unspecified atom stereocenters. The van der Waals surface area contributed by atoms with Gasteiger partial charge in [0.1, 0.15) is 12.2 Å². The lowest BCUT2D eigenvalue weighted by molar-refractivity contribution is -0.137. The summed E-state index contributed by atoms with van der Waals surface area (Å²) in [5.41, 5.74) is -0.424. The van der Waals surface area contributed by atoms with Crippen LogP contribution in [0.3, 0.4) is 0 Å². The lowest BCUT2D eigenvalue weighted by atomic mass is 10.2. The third kappa shape index (κ3) is 2.73. The minimum atomic E-state index is -4.40. The Bertz CT molecular complexity index is 732. The van der Waals surface area contributed by atoms with Crippen LogP contribution < -0.4 is 0 Å². The standard InChI is InChI=1S/C11H8F3N7/c12-11(13,14)7-2-1-3-8(4-7)21-6-15-18-10(21)5-9-16-19-20-17-9/h1-4,6H,5H2,(H,16,17,19,20). The Hall–Kier alpha value is -2.78. The fourth-order valence-electron chi connectivity index (χ4n) is 1.83. The van der Waals surface area contributed by atoms with Gasteiger partial charge in [-0.15, -0.1) is 20.4 Å². The predicted octanol–water partition coefficient (Wildman–Crippen LogP) is 1.39. The first-order valence-electron chi connectivity index (χ1n) is 5.83. The zero-order chi connectivity index (χ0) is 14.9. The number of tetrazole rings is 1. The van der Waals surface area contributed by atoms with Gasteiger partial charge in [-0.2, -0.15) is 18.4 Å². The molecule has 7 nitrogen and oxygen atoms in total. The fraction of sp³-hybridized carbons (Fsp3) is 0.182. The Kier molecular flexibility index (Phi) is 3.12. The maximum atomic E-state index is 12.7. The predicted molar refractivity (Wildman–Crippen MR) is 63.3 cm³/mol. The van der Waals surface area contributed by atoms with E-state index in [1.807, 2.05) is 0 Å². The van der Waals surface area contributed by atoms with Crippen LogP contribution in [-0.2, 0) is 12.6 Å². The van der Waals surface area contributed by atoms with E-state index >= 15 is 0 Å². The van der Waals surface area contributed by atoms with E-state index in [1.54, 1.807) is 6.07 Å². The number of H-pyrrole nitrogens is 1. The average molecular weight is 295 g/mol. The maximum Gasteiger partial charge on any atom is 0.416 e. The SMILES string of the molecule is FC(F)(F)c1cccc(-n2cnnc2Cc2nn[nH]n2)c1. The largest absolute Gasteiger partial charge is 0.416 e. The molecule has 1 aromatic carbocycles. The number of aromatic amines is 1. The molecule has 0 atom stereocenters. The fourth-order valence-corrected chi connectivity index (χ4v) is 1.83. The molecule has 1 N–H and O–H groups in total. The summed E-state index contributed by atoms with van der Waals surface area (Å²) in [5.74, 6) is 0.784. The Morgan fingerprint density at radius 1 is 1.19 bits per heavy atom. The summed E-state index contributed by atoms with van der Waals surface area (Å²) in [7, 11) is 0. The molecule has 2 heterocycles. The molecule has 0 saturated carbocycles. The van der Waals surface area contributed by atoms with E-state index in [2.05, 4.69) is 30.8 Å². The first kappa shape index (κ1) is 13.2. The molecule has 3 aromatic rings. The number of hydrogen-bond donors (Lipinski definition) is 1. The van der Waals surface area contributed by atoms with Crippen LogP contribution in [-0.4, -0.2) is 35.4 Å². The summed E-state index contributed by atoms with van der Waals surface area (Å²) < 4.78 is 39.7. The average Bonchev–Trinajstić information content (AvgIpc) is 3.10. The Labute approximate surface area is 115 Å². The molecule has 0 bridgehead atoms. The van der Waals surface area contributed by atoms with Crippen molar-refractivity contribution in [1.29, 1.82) is 0 Å². The molecule has 0 fully saturated rings. The first-order chi connectivity index (χ1) is 10.0. The second-order valence-corrected chi connectivity index (χ2v) is 4.17. The van der Waals surface area contributed by atoms with Crippen LogP contribution in [0.4, 0.5) is 13.2 Å². The highest BCUT2D eigenvalue weighted by molar-refractivity contribution is 5.38. The van der Waals surface area contributed by atoms with Crippen molar-refractivity contribution >= 4 is 0 Å². The third-order valence-corrected chi connectivity index (χ3v) is 2.78. The molecule has 0 spiro atoms. The summed E-state index contributed by atoms with van der Waals surface area (Å²) >= 11 is 0. The Morgan fingerprint density at radius 3 is 2.76 bits per heavy atom. The highest BCUT2D eigenvalue weighted by Crippen LogP contribution is 2.30. The minimum absolute atomic E-state index is 0.201. The quantitative estimate of drug-likeness (QED) is 0.789. The van der Waals surface area contributed by atoms with Crippen LogP contribution in [0.15, 0.2) is 30.6 Å². The molecule has 21 heavy (non-hydrogen) atoms. The molecule has 0 amide bonds. The molecule has 0 radical (unpaired) electrons. The van der Waals surface area contributed by atoms with Gasteiger partial charge in [-0.3, -0.25) is 4.57 Å². The second kappa shape index (κ2) is 4.96. The lowest BCUT2D eigenvalue weighted by Gasteiger charge is -2.10.